The quantitative estimate of drug-likeness (QED) is 0.860. The van der Waals surface area contributed by atoms with Crippen LogP contribution in [0.4, 0.5) is 0 Å². The Labute approximate surface area is 99.7 Å². The van der Waals surface area contributed by atoms with Crippen molar-refractivity contribution >= 4 is 16.9 Å². The van der Waals surface area contributed by atoms with Gasteiger partial charge in [0.2, 0.25) is 0 Å². The lowest BCUT2D eigenvalue weighted by atomic mass is 9.93. The number of carboxylic acids is 1. The summed E-state index contributed by atoms with van der Waals surface area (Å²) >= 11 is 0. The molecule has 0 saturated heterocycles. The largest absolute Gasteiger partial charge is 0.481 e. The number of hydrogen-bond donors (Lipinski definition) is 1. The number of benzene rings is 1. The highest BCUT2D eigenvalue weighted by molar-refractivity contribution is 5.90. The third kappa shape index (κ3) is 1.32. The van der Waals surface area contributed by atoms with Crippen molar-refractivity contribution in [3.8, 4) is 0 Å². The molecule has 1 saturated carbocycles. The fourth-order valence-corrected chi connectivity index (χ4v) is 2.71. The van der Waals surface area contributed by atoms with E-state index < -0.39 is 11.4 Å². The third-order valence-electron chi connectivity index (χ3n) is 3.87. The molecule has 3 rings (SSSR count). The van der Waals surface area contributed by atoms with E-state index in [4.69, 9.17) is 0 Å². The second-order valence-electron chi connectivity index (χ2n) is 5.04. The zero-order valence-corrected chi connectivity index (χ0v) is 10.0. The predicted molar refractivity (Wildman–Crippen MR) is 66.2 cm³/mol. The van der Waals surface area contributed by atoms with Gasteiger partial charge in [-0.15, -0.1) is 0 Å². The highest BCUT2D eigenvalue weighted by Gasteiger charge is 2.51. The standard InChI is InChI=1S/C14H15NO2/c1-9-7-11(14(4-5-14)13(16)17)8-10-3-6-15(2)12(9)10/h3,6-8H,4-5H2,1-2H3,(H,16,17). The van der Waals surface area contributed by atoms with Crippen molar-refractivity contribution in [2.24, 2.45) is 7.05 Å². The lowest BCUT2D eigenvalue weighted by Gasteiger charge is -2.12. The maximum absolute atomic E-state index is 11.3. The summed E-state index contributed by atoms with van der Waals surface area (Å²) in [5, 5.41) is 10.5. The van der Waals surface area contributed by atoms with Crippen LogP contribution in [0.5, 0.6) is 0 Å². The van der Waals surface area contributed by atoms with Gasteiger partial charge in [-0.3, -0.25) is 4.79 Å². The van der Waals surface area contributed by atoms with E-state index >= 15 is 0 Å². The molecule has 3 nitrogen and oxygen atoms in total. The van der Waals surface area contributed by atoms with Gasteiger partial charge < -0.3 is 9.67 Å². The van der Waals surface area contributed by atoms with Crippen LogP contribution >= 0.6 is 0 Å². The minimum absolute atomic E-state index is 0.602. The van der Waals surface area contributed by atoms with Gasteiger partial charge in [0.05, 0.1) is 10.9 Å². The summed E-state index contributed by atoms with van der Waals surface area (Å²) in [6.45, 7) is 2.05. The first-order chi connectivity index (χ1) is 8.04. The number of aryl methyl sites for hydroxylation is 2. The summed E-state index contributed by atoms with van der Waals surface area (Å²) in [4.78, 5) is 11.3. The van der Waals surface area contributed by atoms with Crippen molar-refractivity contribution in [1.82, 2.24) is 4.57 Å². The van der Waals surface area contributed by atoms with Gasteiger partial charge in [-0.25, -0.2) is 0 Å². The molecule has 0 atom stereocenters. The first kappa shape index (κ1) is 10.4. The number of aromatic nitrogens is 1. The molecule has 0 spiro atoms. The van der Waals surface area contributed by atoms with Gasteiger partial charge in [-0.2, -0.15) is 0 Å². The van der Waals surface area contributed by atoms with Gasteiger partial charge in [-0.1, -0.05) is 6.07 Å². The van der Waals surface area contributed by atoms with Crippen LogP contribution in [0.3, 0.4) is 0 Å². The molecule has 0 unspecified atom stereocenters. The third-order valence-corrected chi connectivity index (χ3v) is 3.87. The van der Waals surface area contributed by atoms with Crippen LogP contribution in [0.15, 0.2) is 24.4 Å². The molecular formula is C14H15NO2. The summed E-state index contributed by atoms with van der Waals surface area (Å²) in [7, 11) is 2.01. The second-order valence-corrected chi connectivity index (χ2v) is 5.04. The van der Waals surface area contributed by atoms with Gasteiger partial charge in [0.15, 0.2) is 0 Å². The Morgan fingerprint density at radius 2 is 2.12 bits per heavy atom. The minimum Gasteiger partial charge on any atom is -0.481 e. The topological polar surface area (TPSA) is 42.2 Å². The second kappa shape index (κ2) is 3.13. The summed E-state index contributed by atoms with van der Waals surface area (Å²) in [5.41, 5.74) is 2.70. The molecule has 1 aromatic carbocycles. The molecule has 88 valence electrons. The molecule has 0 amide bonds. The lowest BCUT2D eigenvalue weighted by Crippen LogP contribution is -2.19. The molecule has 1 aliphatic carbocycles. The van der Waals surface area contributed by atoms with Crippen LogP contribution in [0.2, 0.25) is 0 Å². The Morgan fingerprint density at radius 3 is 2.71 bits per heavy atom. The molecule has 0 aliphatic heterocycles. The Balaban J connectivity index is 2.23. The lowest BCUT2D eigenvalue weighted by molar-refractivity contribution is -0.140. The van der Waals surface area contributed by atoms with E-state index in [0.717, 1.165) is 29.4 Å². The molecule has 1 N–H and O–H groups in total. The first-order valence-corrected chi connectivity index (χ1v) is 5.84. The number of rotatable bonds is 2. The van der Waals surface area contributed by atoms with Gasteiger partial charge >= 0.3 is 5.97 Å². The predicted octanol–water partition coefficient (Wildman–Crippen LogP) is 2.60. The van der Waals surface area contributed by atoms with Crippen molar-refractivity contribution < 1.29 is 9.90 Å². The van der Waals surface area contributed by atoms with E-state index in [-0.39, 0.29) is 0 Å². The summed E-state index contributed by atoms with van der Waals surface area (Å²) in [6.07, 6.45) is 3.54. The monoisotopic (exact) mass is 229 g/mol. The van der Waals surface area contributed by atoms with E-state index in [1.165, 1.54) is 5.52 Å². The Morgan fingerprint density at radius 1 is 1.41 bits per heavy atom. The summed E-state index contributed by atoms with van der Waals surface area (Å²) in [5.74, 6) is -0.688. The van der Waals surface area contributed by atoms with Gasteiger partial charge in [-0.05, 0) is 43.0 Å². The van der Waals surface area contributed by atoms with Crippen molar-refractivity contribution in [2.75, 3.05) is 0 Å². The van der Waals surface area contributed by atoms with Crippen LogP contribution in [-0.2, 0) is 17.3 Å². The Kier molecular flexibility index (Phi) is 1.91. The molecule has 2 aromatic rings. The number of hydrogen-bond acceptors (Lipinski definition) is 1. The molecule has 0 bridgehead atoms. The number of fused-ring (bicyclic) bond motifs is 1. The van der Waals surface area contributed by atoms with Crippen molar-refractivity contribution in [2.45, 2.75) is 25.2 Å². The summed E-state index contributed by atoms with van der Waals surface area (Å²) < 4.78 is 2.08. The Bertz CT molecular complexity index is 620. The normalized spacial score (nSPS) is 17.3. The zero-order chi connectivity index (χ0) is 12.2. The van der Waals surface area contributed by atoms with Crippen LogP contribution in [0.1, 0.15) is 24.0 Å². The van der Waals surface area contributed by atoms with Crippen molar-refractivity contribution in [3.05, 3.63) is 35.5 Å². The van der Waals surface area contributed by atoms with E-state index in [1.54, 1.807) is 0 Å². The van der Waals surface area contributed by atoms with E-state index in [9.17, 15) is 9.90 Å². The van der Waals surface area contributed by atoms with E-state index in [2.05, 4.69) is 4.57 Å². The molecule has 3 heteroatoms. The number of carbonyl (C=O) groups is 1. The fraction of sp³-hybridized carbons (Fsp3) is 0.357. The number of nitrogens with zero attached hydrogens (tertiary/aromatic N) is 1. The van der Waals surface area contributed by atoms with Crippen molar-refractivity contribution in [1.29, 1.82) is 0 Å². The highest BCUT2D eigenvalue weighted by Crippen LogP contribution is 2.49. The molecule has 17 heavy (non-hydrogen) atoms. The molecular weight excluding hydrogens is 214 g/mol. The van der Waals surface area contributed by atoms with Crippen molar-refractivity contribution in [3.63, 3.8) is 0 Å². The van der Waals surface area contributed by atoms with E-state index in [1.807, 2.05) is 38.4 Å². The molecule has 0 radical (unpaired) electrons. The average molecular weight is 229 g/mol. The zero-order valence-electron chi connectivity index (χ0n) is 10.0. The maximum Gasteiger partial charge on any atom is 0.314 e. The first-order valence-electron chi connectivity index (χ1n) is 5.84. The average Bonchev–Trinajstić information content (AvgIpc) is 3.00. The Hall–Kier alpha value is -1.77. The van der Waals surface area contributed by atoms with Gasteiger partial charge in [0.1, 0.15) is 0 Å². The van der Waals surface area contributed by atoms with Gasteiger partial charge in [0.25, 0.3) is 0 Å². The van der Waals surface area contributed by atoms with Crippen LogP contribution in [-0.4, -0.2) is 15.6 Å². The van der Waals surface area contributed by atoms with Crippen LogP contribution in [0.25, 0.3) is 10.9 Å². The molecule has 1 heterocycles. The molecule has 1 fully saturated rings. The summed E-state index contributed by atoms with van der Waals surface area (Å²) in [6, 6.07) is 6.11. The van der Waals surface area contributed by atoms with Gasteiger partial charge in [0, 0.05) is 18.6 Å². The minimum atomic E-state index is -0.688. The molecule has 1 aliphatic rings. The van der Waals surface area contributed by atoms with E-state index in [0.29, 0.717) is 0 Å². The number of carboxylic acid groups (broad SMARTS) is 1. The van der Waals surface area contributed by atoms with Crippen LogP contribution in [0, 0.1) is 6.92 Å². The number of aliphatic carboxylic acids is 1. The highest BCUT2D eigenvalue weighted by atomic mass is 16.4. The van der Waals surface area contributed by atoms with Crippen LogP contribution < -0.4 is 0 Å². The SMILES string of the molecule is Cc1cc(C2(C(=O)O)CC2)cc2ccn(C)c12. The smallest absolute Gasteiger partial charge is 0.314 e. The molecule has 1 aromatic heterocycles. The maximum atomic E-state index is 11.3. The fourth-order valence-electron chi connectivity index (χ4n) is 2.71.